The summed E-state index contributed by atoms with van der Waals surface area (Å²) in [5, 5.41) is 15.8. The fraction of sp³-hybridized carbons (Fsp3) is 0.692. The van der Waals surface area contributed by atoms with E-state index in [4.69, 9.17) is 20.7 Å². The Labute approximate surface area is 107 Å². The molecule has 1 saturated carbocycles. The Morgan fingerprint density at radius 3 is 2.72 bits per heavy atom. The highest BCUT2D eigenvalue weighted by molar-refractivity contribution is 5.68. The molecule has 0 bridgehead atoms. The van der Waals surface area contributed by atoms with Crippen LogP contribution in [0.15, 0.2) is 11.6 Å². The van der Waals surface area contributed by atoms with Gasteiger partial charge in [0, 0.05) is 0 Å². The van der Waals surface area contributed by atoms with Crippen molar-refractivity contribution in [3.63, 3.8) is 0 Å². The van der Waals surface area contributed by atoms with Crippen LogP contribution >= 0.6 is 0 Å². The van der Waals surface area contributed by atoms with Crippen LogP contribution in [0.3, 0.4) is 0 Å². The van der Waals surface area contributed by atoms with Crippen LogP contribution in [-0.2, 0) is 9.59 Å². The molecule has 5 nitrogen and oxygen atoms in total. The van der Waals surface area contributed by atoms with Crippen molar-refractivity contribution in [3.05, 3.63) is 11.6 Å². The van der Waals surface area contributed by atoms with Crippen molar-refractivity contribution in [3.8, 4) is 0 Å². The van der Waals surface area contributed by atoms with Gasteiger partial charge in [-0.2, -0.15) is 0 Å². The SMILES string of the molecule is CCC1=C[C@H]2[C@@H](C1)C[C@@]2(CN)CC(=O)O.O=CO. The normalized spacial score (nSPS) is 32.4. The zero-order chi connectivity index (χ0) is 13.8. The Morgan fingerprint density at radius 1 is 1.67 bits per heavy atom. The predicted molar refractivity (Wildman–Crippen MR) is 67.0 cm³/mol. The first-order valence-corrected chi connectivity index (χ1v) is 6.22. The fourth-order valence-corrected chi connectivity index (χ4v) is 3.34. The Morgan fingerprint density at radius 2 is 2.28 bits per heavy atom. The molecule has 102 valence electrons. The number of aliphatic carboxylic acids is 1. The lowest BCUT2D eigenvalue weighted by Crippen LogP contribution is -2.51. The van der Waals surface area contributed by atoms with Crippen molar-refractivity contribution in [2.24, 2.45) is 23.0 Å². The fourth-order valence-electron chi connectivity index (χ4n) is 3.34. The van der Waals surface area contributed by atoms with Crippen LogP contribution in [0.1, 0.15) is 32.6 Å². The maximum Gasteiger partial charge on any atom is 0.303 e. The van der Waals surface area contributed by atoms with Crippen molar-refractivity contribution >= 4 is 12.4 Å². The smallest absolute Gasteiger partial charge is 0.303 e. The van der Waals surface area contributed by atoms with Gasteiger partial charge in [-0.15, -0.1) is 0 Å². The molecule has 4 N–H and O–H groups in total. The molecule has 2 rings (SSSR count). The summed E-state index contributed by atoms with van der Waals surface area (Å²) in [5.74, 6) is 0.411. The molecule has 0 aromatic heterocycles. The van der Waals surface area contributed by atoms with Crippen LogP contribution in [0.4, 0.5) is 0 Å². The minimum Gasteiger partial charge on any atom is -0.483 e. The lowest BCUT2D eigenvalue weighted by Gasteiger charge is -2.51. The number of fused-ring (bicyclic) bond motifs is 1. The number of carboxylic acid groups (broad SMARTS) is 2. The summed E-state index contributed by atoms with van der Waals surface area (Å²) in [4.78, 5) is 19.2. The van der Waals surface area contributed by atoms with Crippen molar-refractivity contribution in [2.75, 3.05) is 6.54 Å². The topological polar surface area (TPSA) is 101 Å². The molecule has 2 aliphatic rings. The van der Waals surface area contributed by atoms with Gasteiger partial charge in [-0.05, 0) is 43.1 Å². The summed E-state index contributed by atoms with van der Waals surface area (Å²) >= 11 is 0. The molecule has 3 atom stereocenters. The Kier molecular flexibility index (Phi) is 4.90. The van der Waals surface area contributed by atoms with Crippen LogP contribution in [-0.4, -0.2) is 29.2 Å². The number of hydrogen-bond acceptors (Lipinski definition) is 3. The lowest BCUT2D eigenvalue weighted by molar-refractivity contribution is -0.144. The largest absolute Gasteiger partial charge is 0.483 e. The number of allylic oxidation sites excluding steroid dienone is 2. The summed E-state index contributed by atoms with van der Waals surface area (Å²) in [6.07, 6.45) is 5.80. The molecule has 18 heavy (non-hydrogen) atoms. The van der Waals surface area contributed by atoms with E-state index in [1.54, 1.807) is 0 Å². The van der Waals surface area contributed by atoms with Crippen molar-refractivity contribution in [1.29, 1.82) is 0 Å². The van der Waals surface area contributed by atoms with Gasteiger partial charge in [0.15, 0.2) is 0 Å². The molecule has 1 fully saturated rings. The van der Waals surface area contributed by atoms with Crippen LogP contribution < -0.4 is 5.73 Å². The summed E-state index contributed by atoms with van der Waals surface area (Å²) in [6.45, 7) is 2.42. The van der Waals surface area contributed by atoms with Gasteiger partial charge in [-0.1, -0.05) is 18.6 Å². The average Bonchev–Trinajstić information content (AvgIpc) is 2.65. The van der Waals surface area contributed by atoms with E-state index in [-0.39, 0.29) is 18.3 Å². The zero-order valence-electron chi connectivity index (χ0n) is 10.6. The minimum absolute atomic E-state index is 0.132. The maximum atomic E-state index is 10.8. The van der Waals surface area contributed by atoms with Crippen LogP contribution in [0.25, 0.3) is 0 Å². The summed E-state index contributed by atoms with van der Waals surface area (Å²) in [5.41, 5.74) is 7.13. The Balaban J connectivity index is 0.000000492. The molecule has 0 saturated heterocycles. The first kappa shape index (κ1) is 14.7. The average molecular weight is 255 g/mol. The van der Waals surface area contributed by atoms with E-state index in [1.807, 2.05) is 0 Å². The second-order valence-corrected chi connectivity index (χ2v) is 5.12. The predicted octanol–water partition coefficient (Wildman–Crippen LogP) is 1.48. The minimum atomic E-state index is -0.711. The second-order valence-electron chi connectivity index (χ2n) is 5.12. The molecule has 0 radical (unpaired) electrons. The molecule has 0 unspecified atom stereocenters. The van der Waals surface area contributed by atoms with E-state index in [0.717, 1.165) is 12.8 Å². The van der Waals surface area contributed by atoms with Gasteiger partial charge in [0.25, 0.3) is 6.47 Å². The number of carboxylic acids is 1. The second kappa shape index (κ2) is 6.00. The van der Waals surface area contributed by atoms with Gasteiger partial charge < -0.3 is 15.9 Å². The molecule has 0 aromatic carbocycles. The van der Waals surface area contributed by atoms with Crippen LogP contribution in [0.5, 0.6) is 0 Å². The molecule has 0 heterocycles. The van der Waals surface area contributed by atoms with Gasteiger partial charge >= 0.3 is 5.97 Å². The van der Waals surface area contributed by atoms with Gasteiger partial charge in [0.05, 0.1) is 6.42 Å². The van der Waals surface area contributed by atoms with Crippen molar-refractivity contribution < 1.29 is 19.8 Å². The number of nitrogens with two attached hydrogens (primary N) is 1. The summed E-state index contributed by atoms with van der Waals surface area (Å²) < 4.78 is 0. The molecule has 5 heteroatoms. The van der Waals surface area contributed by atoms with E-state index < -0.39 is 5.97 Å². The molecular formula is C13H21NO4. The Hall–Kier alpha value is -1.36. The van der Waals surface area contributed by atoms with E-state index >= 15 is 0 Å². The number of hydrogen-bond donors (Lipinski definition) is 3. The third kappa shape index (κ3) is 2.72. The number of rotatable bonds is 4. The van der Waals surface area contributed by atoms with Gasteiger partial charge in [-0.25, -0.2) is 0 Å². The van der Waals surface area contributed by atoms with Crippen LogP contribution in [0.2, 0.25) is 0 Å². The van der Waals surface area contributed by atoms with Crippen molar-refractivity contribution in [2.45, 2.75) is 32.6 Å². The number of carbonyl (C=O) groups is 2. The maximum absolute atomic E-state index is 10.8. The standard InChI is InChI=1S/C12H19NO2.CH2O2/c1-2-8-3-9-5-12(7-13,6-11(14)15)10(9)4-8;2-1-3/h4,9-10H,2-3,5-7,13H2,1H3,(H,14,15);1H,(H,2,3)/t9-,10-,12-;/m0./s1. The lowest BCUT2D eigenvalue weighted by atomic mass is 9.53. The third-order valence-electron chi connectivity index (χ3n) is 4.19. The van der Waals surface area contributed by atoms with E-state index in [1.165, 1.54) is 12.0 Å². The van der Waals surface area contributed by atoms with E-state index in [2.05, 4.69) is 13.0 Å². The molecular weight excluding hydrogens is 234 g/mol. The molecule has 0 aliphatic heterocycles. The van der Waals surface area contributed by atoms with Gasteiger partial charge in [-0.3, -0.25) is 9.59 Å². The van der Waals surface area contributed by atoms with E-state index in [9.17, 15) is 4.79 Å². The molecule has 2 aliphatic carbocycles. The zero-order valence-corrected chi connectivity index (χ0v) is 10.6. The highest BCUT2D eigenvalue weighted by atomic mass is 16.4. The summed E-state index contributed by atoms with van der Waals surface area (Å²) in [6, 6.07) is 0. The third-order valence-corrected chi connectivity index (χ3v) is 4.19. The van der Waals surface area contributed by atoms with Crippen molar-refractivity contribution in [1.82, 2.24) is 0 Å². The monoisotopic (exact) mass is 255 g/mol. The summed E-state index contributed by atoms with van der Waals surface area (Å²) in [7, 11) is 0. The van der Waals surface area contributed by atoms with Gasteiger partial charge in [0.2, 0.25) is 0 Å². The molecule has 0 aromatic rings. The quantitative estimate of drug-likeness (QED) is 0.522. The highest BCUT2D eigenvalue weighted by Crippen LogP contribution is 2.59. The first-order chi connectivity index (χ1) is 8.52. The van der Waals surface area contributed by atoms with Crippen LogP contribution in [0, 0.1) is 17.3 Å². The van der Waals surface area contributed by atoms with E-state index in [0.29, 0.717) is 18.4 Å². The molecule has 0 amide bonds. The molecule has 0 spiro atoms. The highest BCUT2D eigenvalue weighted by Gasteiger charge is 2.54. The first-order valence-electron chi connectivity index (χ1n) is 6.22. The van der Waals surface area contributed by atoms with Gasteiger partial charge in [0.1, 0.15) is 0 Å². The Bertz CT molecular complexity index is 353.